The van der Waals surface area contributed by atoms with E-state index in [-0.39, 0.29) is 71.8 Å². The number of fused-ring (bicyclic) bond motifs is 10. The molecule has 32 heteroatoms. The standard InChI is InChI=1S/C24H21N3O4.C24H27N3O4.C23H16FN3OS.C22H14FN3O2.C22H21N3O3/c1-2-11-30-23-17(24(28)25-14-16-7-5-12-29-16)9-10-18-21(23)22(27-26-18)20-13-15-6-3-4-8-19(15)31-20;1-4-11-30-23-16(24(29)25-18(13-28)14(2)3)9-10-17-21(23)22(27-26-17)20-12-15-7-5-6-8-19(15)31-20;24-22-19(25-20(28)13-17-6-3-11-29-17)10-9-18-21(22)23(27-26-18)16-8-7-14-4-1-2-5-15(14)12-16;23-20-17(24-22(27)18-6-3-11-28-18)10-9-16-19(20)21(26-25-16)15-8-7-13-4-1-2-5-14(13)12-15;1-2-11-27-21-15(22(26)23-14-7-8-14)9-10-16-19(21)20(25-24-16)18-12-13-5-3-4-6-17(13)28-18/h3-10,12-13H,2,11,14H2,1H3,(H,25,28)(H,26,27);5-10,12,14,18,28H,4,11,13H2,1-3H3,(H,25,29)(H,26,27);1-12H,13H2,(H,25,28)(H,26,27);1-12H,(H,24,27)(H,25,26);3-6,9-10,12,14H,2,7-8,11H2,1H3,(H,23,26)(H,24,25)/t;18-;;;/m.1.../s1. The first-order chi connectivity index (χ1) is 71.9. The summed E-state index contributed by atoms with van der Waals surface area (Å²) in [6.45, 7) is 11.6. The molecule has 0 bridgehead atoms. The van der Waals surface area contributed by atoms with E-state index in [1.807, 2.05) is 240 Å². The minimum atomic E-state index is -0.547. The molecule has 738 valence electrons. The molecule has 0 aliphatic heterocycles. The Balaban J connectivity index is 0.000000112. The molecule has 11 heterocycles. The van der Waals surface area contributed by atoms with Gasteiger partial charge in [0.1, 0.15) is 68.2 Å². The zero-order chi connectivity index (χ0) is 101. The topological polar surface area (TPSA) is 403 Å². The number of nitrogens with zero attached hydrogens (tertiary/aromatic N) is 5. The Bertz CT molecular complexity index is 8630. The van der Waals surface area contributed by atoms with E-state index < -0.39 is 17.5 Å². The Hall–Kier alpha value is -18.0. The fourth-order valence-electron chi connectivity index (χ4n) is 17.3. The molecule has 5 amide bonds. The number of carbonyl (C=O) groups is 5. The Labute approximate surface area is 841 Å². The molecule has 29 nitrogen and oxygen atoms in total. The maximum absolute atomic E-state index is 15.3. The van der Waals surface area contributed by atoms with Gasteiger partial charge >= 0.3 is 0 Å². The second kappa shape index (κ2) is 43.4. The van der Waals surface area contributed by atoms with Crippen LogP contribution in [0.5, 0.6) is 17.2 Å². The molecule has 1 fully saturated rings. The van der Waals surface area contributed by atoms with E-state index >= 15 is 8.78 Å². The number of hydrogen-bond acceptors (Lipinski definition) is 20. The molecule has 0 saturated heterocycles. The predicted octanol–water partition coefficient (Wildman–Crippen LogP) is 25.6. The highest BCUT2D eigenvalue weighted by atomic mass is 32.1. The van der Waals surface area contributed by atoms with Crippen molar-refractivity contribution in [1.29, 1.82) is 0 Å². The van der Waals surface area contributed by atoms with E-state index in [1.165, 1.54) is 29.7 Å². The van der Waals surface area contributed by atoms with E-state index in [2.05, 4.69) is 77.6 Å². The minimum absolute atomic E-state index is 0.0670. The quantitative estimate of drug-likeness (QED) is 0.0217. The molecule has 1 atom stereocenters. The average molecular weight is 1990 g/mol. The molecule has 1 aliphatic rings. The number of amides is 5. The number of para-hydroxylation sites is 3. The van der Waals surface area contributed by atoms with Crippen molar-refractivity contribution in [1.82, 2.24) is 66.9 Å². The van der Waals surface area contributed by atoms with Crippen molar-refractivity contribution in [2.45, 2.75) is 91.8 Å². The molecular formula is C115H99F2N15O14S. The number of H-pyrrole nitrogens is 5. The van der Waals surface area contributed by atoms with Crippen LogP contribution in [-0.2, 0) is 17.8 Å². The van der Waals surface area contributed by atoms with Gasteiger partial charge in [-0.3, -0.25) is 49.5 Å². The summed E-state index contributed by atoms with van der Waals surface area (Å²) in [6, 6.07) is 84.6. The molecule has 12 aromatic carbocycles. The van der Waals surface area contributed by atoms with Crippen molar-refractivity contribution in [3.63, 3.8) is 0 Å². The van der Waals surface area contributed by atoms with Crippen LogP contribution in [0.1, 0.15) is 119 Å². The Kier molecular flexibility index (Phi) is 28.5. The highest BCUT2D eigenvalue weighted by Gasteiger charge is 2.32. The lowest BCUT2D eigenvalue weighted by molar-refractivity contribution is -0.115. The lowest BCUT2D eigenvalue weighted by atomic mass is 10.0. The van der Waals surface area contributed by atoms with Crippen molar-refractivity contribution in [3.8, 4) is 74.1 Å². The molecule has 1 saturated carbocycles. The smallest absolute Gasteiger partial charge is 0.291 e. The van der Waals surface area contributed by atoms with Crippen LogP contribution >= 0.6 is 11.3 Å². The lowest BCUT2D eigenvalue weighted by Crippen LogP contribution is -2.41. The zero-order valence-corrected chi connectivity index (χ0v) is 81.2. The van der Waals surface area contributed by atoms with Gasteiger partial charge in [0, 0.05) is 38.2 Å². The van der Waals surface area contributed by atoms with Crippen molar-refractivity contribution in [3.05, 3.63) is 336 Å². The minimum Gasteiger partial charge on any atom is -0.492 e. The molecular weight excluding hydrogens is 1890 g/mol. The van der Waals surface area contributed by atoms with E-state index in [9.17, 15) is 29.1 Å². The number of aromatic amines is 5. The molecule has 0 radical (unpaired) electrons. The highest BCUT2D eigenvalue weighted by Crippen LogP contribution is 2.45. The Morgan fingerprint density at radius 3 is 1.30 bits per heavy atom. The first-order valence-corrected chi connectivity index (χ1v) is 49.2. The van der Waals surface area contributed by atoms with Gasteiger partial charge in [-0.1, -0.05) is 168 Å². The third-order valence-corrected chi connectivity index (χ3v) is 25.8. The largest absolute Gasteiger partial charge is 0.492 e. The normalized spacial score (nSPS) is 12.0. The second-order valence-electron chi connectivity index (χ2n) is 35.5. The molecule has 24 rings (SSSR count). The number of nitrogens with one attached hydrogen (secondary N) is 10. The van der Waals surface area contributed by atoms with Crippen LogP contribution in [0.15, 0.2) is 313 Å². The first-order valence-electron chi connectivity index (χ1n) is 48.3. The molecule has 147 heavy (non-hydrogen) atoms. The summed E-state index contributed by atoms with van der Waals surface area (Å²) in [6.07, 6.45) is 7.71. The van der Waals surface area contributed by atoms with Gasteiger partial charge in [0.25, 0.3) is 23.6 Å². The summed E-state index contributed by atoms with van der Waals surface area (Å²) >= 11 is 1.50. The van der Waals surface area contributed by atoms with Crippen molar-refractivity contribution in [2.75, 3.05) is 37.1 Å². The Morgan fingerprint density at radius 1 is 0.435 bits per heavy atom. The van der Waals surface area contributed by atoms with Gasteiger partial charge in [0.15, 0.2) is 34.7 Å². The van der Waals surface area contributed by atoms with E-state index in [4.69, 9.17) is 36.3 Å². The number of ether oxygens (including phenoxy) is 3. The number of carbonyl (C=O) groups excluding carboxylic acids is 5. The number of furan rings is 5. The molecule has 0 unspecified atom stereocenters. The number of benzene rings is 12. The van der Waals surface area contributed by atoms with Crippen molar-refractivity contribution in [2.24, 2.45) is 5.92 Å². The van der Waals surface area contributed by atoms with Gasteiger partial charge in [-0.25, -0.2) is 8.78 Å². The first kappa shape index (κ1) is 96.5. The fraction of sp³-hybridized carbons (Fsp3) is 0.165. The van der Waals surface area contributed by atoms with Gasteiger partial charge in [-0.05, 0) is 204 Å². The van der Waals surface area contributed by atoms with Crippen molar-refractivity contribution < 1.29 is 74.2 Å². The van der Waals surface area contributed by atoms with Gasteiger partial charge < -0.3 is 68.0 Å². The average Bonchev–Trinajstić information content (AvgIpc) is 1.65. The van der Waals surface area contributed by atoms with E-state index in [0.717, 1.165) is 125 Å². The van der Waals surface area contributed by atoms with Crippen molar-refractivity contribution >= 4 is 161 Å². The molecule has 23 aromatic rings. The highest BCUT2D eigenvalue weighted by molar-refractivity contribution is 7.10. The second-order valence-corrected chi connectivity index (χ2v) is 36.5. The van der Waals surface area contributed by atoms with Crippen LogP contribution < -0.4 is 40.8 Å². The van der Waals surface area contributed by atoms with Crippen LogP contribution in [0.25, 0.3) is 166 Å². The number of anilines is 2. The number of aromatic nitrogens is 10. The van der Waals surface area contributed by atoms with Crippen LogP contribution in [0.4, 0.5) is 20.2 Å². The van der Waals surface area contributed by atoms with Gasteiger partial charge in [-0.15, -0.1) is 11.3 Å². The fourth-order valence-corrected chi connectivity index (χ4v) is 18.0. The number of aliphatic hydroxyl groups is 1. The third kappa shape index (κ3) is 20.9. The number of hydrogen-bond donors (Lipinski definition) is 11. The third-order valence-electron chi connectivity index (χ3n) is 24.9. The predicted molar refractivity (Wildman–Crippen MR) is 566 cm³/mol. The SMILES string of the molecule is CCCOc1c(C(=O)NC2CC2)ccc2n[nH]c(-c3cc4ccccc4o3)c12.CCCOc1c(C(=O)NCc2ccco2)ccc2n[nH]c(-c3cc4ccccc4o3)c12.CCCOc1c(C(=O)N[C@H](CO)C(C)C)ccc2n[nH]c(-c3cc4ccccc4o3)c12.O=C(Cc1cccs1)Nc1ccc2[nH]nc(-c3ccc4ccccc4c3)c2c1F.O=C(Nc1ccc2[nH]nc(-c3ccc4ccccc4c3)c2c1F)c1ccco1. The van der Waals surface area contributed by atoms with Crippen LogP contribution in [-0.4, -0.2) is 124 Å². The summed E-state index contributed by atoms with van der Waals surface area (Å²) in [5, 5.41) is 72.6. The summed E-state index contributed by atoms with van der Waals surface area (Å²) in [5.74, 6) is 1.88. The zero-order valence-electron chi connectivity index (χ0n) is 80.4. The Morgan fingerprint density at radius 2 is 0.878 bits per heavy atom. The number of thiophene rings is 1. The molecule has 11 N–H and O–H groups in total. The number of rotatable bonds is 28. The maximum Gasteiger partial charge on any atom is 0.291 e. The van der Waals surface area contributed by atoms with Gasteiger partial charge in [0.05, 0.1) is 141 Å². The molecule has 0 spiro atoms. The van der Waals surface area contributed by atoms with Gasteiger partial charge in [0.2, 0.25) is 5.91 Å². The summed E-state index contributed by atoms with van der Waals surface area (Å²) < 4.78 is 77.2. The molecule has 11 aromatic heterocycles. The number of aliphatic hydroxyl groups excluding tert-OH is 1. The van der Waals surface area contributed by atoms with Crippen LogP contribution in [0.2, 0.25) is 0 Å². The lowest BCUT2D eigenvalue weighted by Gasteiger charge is -2.21. The monoisotopic (exact) mass is 1980 g/mol. The van der Waals surface area contributed by atoms with E-state index in [0.29, 0.717) is 144 Å². The van der Waals surface area contributed by atoms with E-state index in [1.54, 1.807) is 66.9 Å². The van der Waals surface area contributed by atoms with Gasteiger partial charge in [-0.2, -0.15) is 25.5 Å². The molecule has 1 aliphatic carbocycles. The number of halogens is 2. The maximum atomic E-state index is 15.3. The summed E-state index contributed by atoms with van der Waals surface area (Å²) in [7, 11) is 0. The summed E-state index contributed by atoms with van der Waals surface area (Å²) in [4.78, 5) is 64.3. The van der Waals surface area contributed by atoms with Crippen LogP contribution in [0, 0.1) is 17.6 Å². The summed E-state index contributed by atoms with van der Waals surface area (Å²) in [5.41, 5.74) is 11.9. The van der Waals surface area contributed by atoms with Crippen LogP contribution in [0.3, 0.4) is 0 Å².